The van der Waals surface area contributed by atoms with Gasteiger partial charge in [-0.05, 0) is 30.2 Å². The number of carbonyl (C=O) groups is 1. The number of hydrogen-bond donors (Lipinski definition) is 1. The lowest BCUT2D eigenvalue weighted by molar-refractivity contribution is 0.0999. The first-order chi connectivity index (χ1) is 8.50. The van der Waals surface area contributed by atoms with Crippen molar-refractivity contribution in [1.29, 1.82) is 0 Å². The van der Waals surface area contributed by atoms with E-state index in [1.54, 1.807) is 16.8 Å². The number of hydrogen-bond acceptors (Lipinski definition) is 2. The molecule has 4 nitrogen and oxygen atoms in total. The lowest BCUT2D eigenvalue weighted by atomic mass is 10.1. The zero-order valence-electron chi connectivity index (χ0n) is 10.2. The molecule has 0 saturated heterocycles. The molecule has 1 amide bonds. The Morgan fingerprint density at radius 1 is 1.33 bits per heavy atom. The van der Waals surface area contributed by atoms with Crippen molar-refractivity contribution < 1.29 is 9.18 Å². The molecule has 0 fully saturated rings. The Morgan fingerprint density at radius 2 is 1.94 bits per heavy atom. The highest BCUT2D eigenvalue weighted by Crippen LogP contribution is 2.22. The molecule has 94 valence electrons. The van der Waals surface area contributed by atoms with E-state index in [4.69, 9.17) is 5.73 Å². The van der Waals surface area contributed by atoms with Crippen LogP contribution in [-0.4, -0.2) is 15.7 Å². The fourth-order valence-electron chi connectivity index (χ4n) is 1.89. The van der Waals surface area contributed by atoms with Crippen molar-refractivity contribution in [3.8, 4) is 5.69 Å². The van der Waals surface area contributed by atoms with Gasteiger partial charge in [0.05, 0.1) is 23.1 Å². The molecular weight excluding hydrogens is 233 g/mol. The van der Waals surface area contributed by atoms with Gasteiger partial charge in [0.2, 0.25) is 0 Å². The summed E-state index contributed by atoms with van der Waals surface area (Å²) in [6.07, 6.45) is 1.45. The average molecular weight is 247 g/mol. The molecule has 1 aromatic carbocycles. The minimum Gasteiger partial charge on any atom is -0.365 e. The summed E-state index contributed by atoms with van der Waals surface area (Å²) < 4.78 is 14.5. The summed E-state index contributed by atoms with van der Waals surface area (Å²) >= 11 is 0. The number of carbonyl (C=O) groups excluding carboxylic acids is 1. The number of amides is 1. The number of aromatic nitrogens is 2. The number of nitrogens with two attached hydrogens (primary N) is 1. The van der Waals surface area contributed by atoms with Gasteiger partial charge in [-0.1, -0.05) is 13.8 Å². The van der Waals surface area contributed by atoms with Crippen LogP contribution in [0.3, 0.4) is 0 Å². The van der Waals surface area contributed by atoms with E-state index in [0.29, 0.717) is 11.3 Å². The first-order valence-electron chi connectivity index (χ1n) is 5.64. The summed E-state index contributed by atoms with van der Waals surface area (Å²) in [5.74, 6) is -0.737. The highest BCUT2D eigenvalue weighted by Gasteiger charge is 2.18. The van der Waals surface area contributed by atoms with Gasteiger partial charge in [-0.15, -0.1) is 0 Å². The lowest BCUT2D eigenvalue weighted by Crippen LogP contribution is -2.15. The zero-order valence-corrected chi connectivity index (χ0v) is 10.2. The van der Waals surface area contributed by atoms with Crippen molar-refractivity contribution in [3.63, 3.8) is 0 Å². The van der Waals surface area contributed by atoms with E-state index >= 15 is 0 Å². The van der Waals surface area contributed by atoms with Crippen molar-refractivity contribution >= 4 is 5.91 Å². The smallest absolute Gasteiger partial charge is 0.252 e. The Bertz CT molecular complexity index is 572. The molecule has 2 aromatic rings. The minimum absolute atomic E-state index is 0.0834. The van der Waals surface area contributed by atoms with Crippen LogP contribution >= 0.6 is 0 Å². The molecule has 0 aliphatic rings. The fourth-order valence-corrected chi connectivity index (χ4v) is 1.89. The third-order valence-corrected chi connectivity index (χ3v) is 2.69. The van der Waals surface area contributed by atoms with Crippen molar-refractivity contribution in [2.45, 2.75) is 19.8 Å². The largest absolute Gasteiger partial charge is 0.365 e. The molecule has 0 radical (unpaired) electrons. The predicted molar refractivity (Wildman–Crippen MR) is 66.1 cm³/mol. The van der Waals surface area contributed by atoms with Crippen LogP contribution < -0.4 is 5.73 Å². The van der Waals surface area contributed by atoms with Crippen LogP contribution in [0.4, 0.5) is 4.39 Å². The standard InChI is InChI=1S/C13H14FN3O/c1-8(2)12-11(13(15)18)7-16-17(12)10-5-3-9(14)4-6-10/h3-8H,1-2H3,(H2,15,18). The van der Waals surface area contributed by atoms with Crippen LogP contribution in [0.15, 0.2) is 30.5 Å². The van der Waals surface area contributed by atoms with Crippen LogP contribution in [0.25, 0.3) is 5.69 Å². The summed E-state index contributed by atoms with van der Waals surface area (Å²) in [5, 5.41) is 4.15. The Hall–Kier alpha value is -2.17. The van der Waals surface area contributed by atoms with Gasteiger partial charge < -0.3 is 5.73 Å². The molecular formula is C13H14FN3O. The van der Waals surface area contributed by atoms with E-state index in [0.717, 1.165) is 5.69 Å². The van der Waals surface area contributed by atoms with Crippen LogP contribution in [0.5, 0.6) is 0 Å². The van der Waals surface area contributed by atoms with Crippen molar-refractivity contribution in [2.24, 2.45) is 5.73 Å². The van der Waals surface area contributed by atoms with Crippen LogP contribution in [-0.2, 0) is 0 Å². The van der Waals surface area contributed by atoms with Gasteiger partial charge in [-0.3, -0.25) is 4.79 Å². The SMILES string of the molecule is CC(C)c1c(C(N)=O)cnn1-c1ccc(F)cc1. The summed E-state index contributed by atoms with van der Waals surface area (Å²) in [5.41, 5.74) is 7.15. The van der Waals surface area contributed by atoms with Gasteiger partial charge in [0.1, 0.15) is 5.82 Å². The number of benzene rings is 1. The Labute approximate surface area is 104 Å². The Balaban J connectivity index is 2.57. The maximum atomic E-state index is 12.9. The van der Waals surface area contributed by atoms with Crippen LogP contribution in [0.1, 0.15) is 35.8 Å². The molecule has 0 aliphatic carbocycles. The van der Waals surface area contributed by atoms with E-state index in [2.05, 4.69) is 5.10 Å². The monoisotopic (exact) mass is 247 g/mol. The van der Waals surface area contributed by atoms with Gasteiger partial charge in [0.15, 0.2) is 0 Å². The molecule has 1 aromatic heterocycles. The molecule has 0 bridgehead atoms. The normalized spacial score (nSPS) is 10.9. The van der Waals surface area contributed by atoms with Gasteiger partial charge >= 0.3 is 0 Å². The number of halogens is 1. The molecule has 18 heavy (non-hydrogen) atoms. The third kappa shape index (κ3) is 2.11. The third-order valence-electron chi connectivity index (χ3n) is 2.69. The van der Waals surface area contributed by atoms with Gasteiger partial charge in [0, 0.05) is 0 Å². The second-order valence-electron chi connectivity index (χ2n) is 4.35. The Morgan fingerprint density at radius 3 is 2.44 bits per heavy atom. The average Bonchev–Trinajstić information content (AvgIpc) is 2.74. The quantitative estimate of drug-likeness (QED) is 0.904. The molecule has 0 spiro atoms. The van der Waals surface area contributed by atoms with E-state index in [-0.39, 0.29) is 11.7 Å². The number of nitrogens with zero attached hydrogens (tertiary/aromatic N) is 2. The molecule has 1 heterocycles. The second-order valence-corrected chi connectivity index (χ2v) is 4.35. The van der Waals surface area contributed by atoms with Gasteiger partial charge in [-0.2, -0.15) is 5.10 Å². The molecule has 0 unspecified atom stereocenters. The van der Waals surface area contributed by atoms with E-state index in [9.17, 15) is 9.18 Å². The maximum absolute atomic E-state index is 12.9. The summed E-state index contributed by atoms with van der Waals surface area (Å²) in [6.45, 7) is 3.90. The molecule has 2 N–H and O–H groups in total. The lowest BCUT2D eigenvalue weighted by Gasteiger charge is -2.11. The summed E-state index contributed by atoms with van der Waals surface area (Å²) in [7, 11) is 0. The van der Waals surface area contributed by atoms with Crippen molar-refractivity contribution in [2.75, 3.05) is 0 Å². The first kappa shape index (κ1) is 12.3. The second kappa shape index (κ2) is 4.60. The van der Waals surface area contributed by atoms with Crippen molar-refractivity contribution in [3.05, 3.63) is 47.5 Å². The van der Waals surface area contributed by atoms with Gasteiger partial charge in [0.25, 0.3) is 5.91 Å². The summed E-state index contributed by atoms with van der Waals surface area (Å²) in [4.78, 5) is 11.3. The molecule has 2 rings (SSSR count). The first-order valence-corrected chi connectivity index (χ1v) is 5.64. The molecule has 0 aliphatic heterocycles. The highest BCUT2D eigenvalue weighted by molar-refractivity contribution is 5.94. The van der Waals surface area contributed by atoms with E-state index in [1.165, 1.54) is 18.3 Å². The number of primary amides is 1. The van der Waals surface area contributed by atoms with Crippen LogP contribution in [0, 0.1) is 5.82 Å². The van der Waals surface area contributed by atoms with E-state index < -0.39 is 5.91 Å². The van der Waals surface area contributed by atoms with Gasteiger partial charge in [-0.25, -0.2) is 9.07 Å². The zero-order chi connectivity index (χ0) is 13.3. The fraction of sp³-hybridized carbons (Fsp3) is 0.231. The Kier molecular flexibility index (Phi) is 3.14. The molecule has 5 heteroatoms. The molecule has 0 saturated carbocycles. The summed E-state index contributed by atoms with van der Waals surface area (Å²) in [6, 6.07) is 5.92. The van der Waals surface area contributed by atoms with Crippen LogP contribution in [0.2, 0.25) is 0 Å². The van der Waals surface area contributed by atoms with E-state index in [1.807, 2.05) is 13.8 Å². The predicted octanol–water partition coefficient (Wildman–Crippen LogP) is 2.23. The maximum Gasteiger partial charge on any atom is 0.252 e. The number of rotatable bonds is 3. The molecule has 0 atom stereocenters. The van der Waals surface area contributed by atoms with Crippen molar-refractivity contribution in [1.82, 2.24) is 9.78 Å². The highest BCUT2D eigenvalue weighted by atomic mass is 19.1. The topological polar surface area (TPSA) is 60.9 Å². The minimum atomic E-state index is -0.507.